The monoisotopic (exact) mass is 802 g/mol. The van der Waals surface area contributed by atoms with Crippen LogP contribution >= 0.6 is 7.82 Å². The molecule has 55 heavy (non-hydrogen) atoms. The summed E-state index contributed by atoms with van der Waals surface area (Å²) in [6.07, 6.45) is 44.0. The first kappa shape index (κ1) is 54.2. The molecule has 0 rings (SSSR count). The van der Waals surface area contributed by atoms with E-state index in [0.717, 1.165) is 44.9 Å². The van der Waals surface area contributed by atoms with Crippen LogP contribution in [0.5, 0.6) is 0 Å². The zero-order valence-corrected chi connectivity index (χ0v) is 38.1. The number of hydrogen-bond donors (Lipinski definition) is 3. The Morgan fingerprint density at radius 3 is 1.40 bits per heavy atom. The minimum atomic E-state index is -4.31. The van der Waals surface area contributed by atoms with Crippen molar-refractivity contribution in [2.45, 2.75) is 238 Å². The van der Waals surface area contributed by atoms with Gasteiger partial charge in [0.05, 0.1) is 39.9 Å². The number of carbonyl (C=O) groups is 1. The predicted molar refractivity (Wildman–Crippen MR) is 235 cm³/mol. The lowest BCUT2D eigenvalue weighted by Crippen LogP contribution is -2.46. The van der Waals surface area contributed by atoms with Gasteiger partial charge in [0.2, 0.25) is 5.91 Å². The number of nitrogens with one attached hydrogen (secondary N) is 1. The van der Waals surface area contributed by atoms with Gasteiger partial charge in [0.25, 0.3) is 0 Å². The van der Waals surface area contributed by atoms with Crippen molar-refractivity contribution < 1.29 is 32.9 Å². The van der Waals surface area contributed by atoms with E-state index in [1.807, 2.05) is 21.1 Å². The Morgan fingerprint density at radius 1 is 0.600 bits per heavy atom. The van der Waals surface area contributed by atoms with Gasteiger partial charge in [-0.1, -0.05) is 193 Å². The van der Waals surface area contributed by atoms with Crippen molar-refractivity contribution in [2.75, 3.05) is 40.9 Å². The number of phosphoric ester groups is 1. The molecule has 0 aromatic rings. The van der Waals surface area contributed by atoms with E-state index in [1.54, 1.807) is 0 Å². The van der Waals surface area contributed by atoms with Crippen LogP contribution in [0.3, 0.4) is 0 Å². The fourth-order valence-electron chi connectivity index (χ4n) is 6.98. The zero-order valence-electron chi connectivity index (χ0n) is 37.2. The third kappa shape index (κ3) is 41.2. The molecule has 0 fully saturated rings. The largest absolute Gasteiger partial charge is 0.472 e. The Bertz CT molecular complexity index is 911. The van der Waals surface area contributed by atoms with Crippen LogP contribution < -0.4 is 5.32 Å². The quantitative estimate of drug-likeness (QED) is 0.0245. The van der Waals surface area contributed by atoms with E-state index in [2.05, 4.69) is 31.3 Å². The normalized spacial score (nSPS) is 14.4. The molecular weight excluding hydrogens is 707 g/mol. The predicted octanol–water partition coefficient (Wildman–Crippen LogP) is 13.1. The highest BCUT2D eigenvalue weighted by Gasteiger charge is 2.28. The van der Waals surface area contributed by atoms with Crippen molar-refractivity contribution in [2.24, 2.45) is 0 Å². The van der Waals surface area contributed by atoms with Crippen LogP contribution in [0.1, 0.15) is 226 Å². The molecule has 0 aromatic heterocycles. The second-order valence-corrected chi connectivity index (χ2v) is 18.9. The molecule has 3 atom stereocenters. The number of phosphoric acid groups is 1. The van der Waals surface area contributed by atoms with Crippen LogP contribution in [0.4, 0.5) is 0 Å². The lowest BCUT2D eigenvalue weighted by molar-refractivity contribution is -0.870. The fraction of sp³-hybridized carbons (Fsp3) is 0.935. The minimum absolute atomic E-state index is 0.0720. The fourth-order valence-corrected chi connectivity index (χ4v) is 7.72. The molecular formula is C46H94N2O6P+. The molecule has 0 aromatic carbocycles. The lowest BCUT2D eigenvalue weighted by atomic mass is 10.0. The molecule has 1 amide bonds. The van der Waals surface area contributed by atoms with E-state index < -0.39 is 20.0 Å². The summed E-state index contributed by atoms with van der Waals surface area (Å²) >= 11 is 0. The average Bonchev–Trinajstić information content (AvgIpc) is 3.13. The van der Waals surface area contributed by atoms with Crippen LogP contribution in [-0.2, 0) is 18.4 Å². The zero-order chi connectivity index (χ0) is 40.7. The summed E-state index contributed by atoms with van der Waals surface area (Å²) in [7, 11) is 1.61. The Kier molecular flexibility index (Phi) is 38.2. The van der Waals surface area contributed by atoms with Crippen molar-refractivity contribution in [3.63, 3.8) is 0 Å². The first-order chi connectivity index (χ1) is 26.5. The van der Waals surface area contributed by atoms with Gasteiger partial charge in [-0.05, 0) is 38.5 Å². The minimum Gasteiger partial charge on any atom is -0.391 e. The first-order valence-corrected chi connectivity index (χ1v) is 25.0. The Morgan fingerprint density at radius 2 is 0.982 bits per heavy atom. The molecule has 9 heteroatoms. The number of amides is 1. The van der Waals surface area contributed by atoms with Gasteiger partial charge in [0, 0.05) is 6.42 Å². The summed E-state index contributed by atoms with van der Waals surface area (Å²) in [5, 5.41) is 13.9. The smallest absolute Gasteiger partial charge is 0.391 e. The van der Waals surface area contributed by atoms with E-state index >= 15 is 0 Å². The van der Waals surface area contributed by atoms with Crippen LogP contribution in [-0.4, -0.2) is 73.4 Å². The molecule has 0 saturated heterocycles. The first-order valence-electron chi connectivity index (χ1n) is 23.6. The van der Waals surface area contributed by atoms with Gasteiger partial charge in [-0.2, -0.15) is 0 Å². The summed E-state index contributed by atoms with van der Waals surface area (Å²) in [4.78, 5) is 23.1. The van der Waals surface area contributed by atoms with Gasteiger partial charge in [-0.25, -0.2) is 4.57 Å². The molecule has 1 unspecified atom stereocenters. The molecule has 0 saturated carbocycles. The van der Waals surface area contributed by atoms with E-state index in [4.69, 9.17) is 9.05 Å². The molecule has 0 bridgehead atoms. The Balaban J connectivity index is 4.19. The molecule has 328 valence electrons. The van der Waals surface area contributed by atoms with Gasteiger partial charge in [0.15, 0.2) is 0 Å². The molecule has 3 N–H and O–H groups in total. The maximum absolute atomic E-state index is 12.9. The molecule has 0 spiro atoms. The van der Waals surface area contributed by atoms with Gasteiger partial charge < -0.3 is 19.8 Å². The maximum atomic E-state index is 12.9. The molecule has 0 aliphatic rings. The van der Waals surface area contributed by atoms with Crippen molar-refractivity contribution >= 4 is 13.7 Å². The van der Waals surface area contributed by atoms with E-state index in [9.17, 15) is 19.4 Å². The standard InChI is InChI=1S/C46H93N2O6P/c1-6-8-10-12-14-16-18-19-20-21-22-23-24-25-26-27-28-30-32-34-36-38-40-46(50)47-44(43-54-55(51,52)53-42-41-48(3,4)5)45(49)39-37-35-33-31-29-17-15-13-11-9-7-2/h29,31,44-45,49H,6-28,30,32-43H2,1-5H3,(H-,47,50,51,52)/p+1/b31-29+/t44-,45+/m0/s1. The van der Waals surface area contributed by atoms with Crippen LogP contribution in [0.25, 0.3) is 0 Å². The molecule has 8 nitrogen and oxygen atoms in total. The SMILES string of the molecule is CCCCCCC/C=C/CCCC[C@@H](O)[C@H](COP(=O)(O)OCC[N+](C)(C)C)NC(=O)CCCCCCCCCCCCCCCCCCCCCCCC. The topological polar surface area (TPSA) is 105 Å². The summed E-state index contributed by atoms with van der Waals surface area (Å²) in [5.74, 6) is -0.151. The Hall–Kier alpha value is -0.760. The Labute approximate surface area is 342 Å². The maximum Gasteiger partial charge on any atom is 0.472 e. The van der Waals surface area contributed by atoms with Crippen molar-refractivity contribution in [1.29, 1.82) is 0 Å². The average molecular weight is 802 g/mol. The molecule has 0 aliphatic heterocycles. The number of rotatable bonds is 43. The van der Waals surface area contributed by atoms with Crippen LogP contribution in [0.15, 0.2) is 12.2 Å². The summed E-state index contributed by atoms with van der Waals surface area (Å²) < 4.78 is 23.6. The summed E-state index contributed by atoms with van der Waals surface area (Å²) in [6.45, 7) is 4.86. The van der Waals surface area contributed by atoms with Crippen molar-refractivity contribution in [3.8, 4) is 0 Å². The summed E-state index contributed by atoms with van der Waals surface area (Å²) in [6, 6.07) is -0.770. The van der Waals surface area contributed by atoms with E-state index in [-0.39, 0.29) is 19.1 Å². The third-order valence-corrected chi connectivity index (χ3v) is 11.7. The van der Waals surface area contributed by atoms with Crippen LogP contribution in [0, 0.1) is 0 Å². The third-order valence-electron chi connectivity index (χ3n) is 10.8. The number of hydrogen-bond acceptors (Lipinski definition) is 5. The number of carbonyl (C=O) groups excluding carboxylic acids is 1. The molecule has 0 heterocycles. The van der Waals surface area contributed by atoms with Crippen LogP contribution in [0.2, 0.25) is 0 Å². The number of aliphatic hydroxyl groups excluding tert-OH is 1. The van der Waals surface area contributed by atoms with E-state index in [0.29, 0.717) is 23.9 Å². The number of unbranched alkanes of at least 4 members (excludes halogenated alkanes) is 28. The second-order valence-electron chi connectivity index (χ2n) is 17.5. The summed E-state index contributed by atoms with van der Waals surface area (Å²) in [5.41, 5.74) is 0. The van der Waals surface area contributed by atoms with Crippen molar-refractivity contribution in [1.82, 2.24) is 5.32 Å². The number of likely N-dealkylation sites (N-methyl/N-ethyl adjacent to an activating group) is 1. The van der Waals surface area contributed by atoms with Gasteiger partial charge >= 0.3 is 7.82 Å². The number of quaternary nitrogens is 1. The second kappa shape index (κ2) is 38.7. The highest BCUT2D eigenvalue weighted by Crippen LogP contribution is 2.43. The number of nitrogens with zero attached hydrogens (tertiary/aromatic N) is 1. The molecule has 0 radical (unpaired) electrons. The van der Waals surface area contributed by atoms with Gasteiger partial charge in [-0.3, -0.25) is 13.8 Å². The highest BCUT2D eigenvalue weighted by atomic mass is 31.2. The van der Waals surface area contributed by atoms with Gasteiger partial charge in [-0.15, -0.1) is 0 Å². The van der Waals surface area contributed by atoms with E-state index in [1.165, 1.54) is 154 Å². The molecule has 0 aliphatic carbocycles. The van der Waals surface area contributed by atoms with Gasteiger partial charge in [0.1, 0.15) is 13.2 Å². The lowest BCUT2D eigenvalue weighted by Gasteiger charge is -2.26. The highest BCUT2D eigenvalue weighted by molar-refractivity contribution is 7.47. The van der Waals surface area contributed by atoms with Crippen molar-refractivity contribution in [3.05, 3.63) is 12.2 Å². The number of aliphatic hydroxyl groups is 1. The number of allylic oxidation sites excluding steroid dienone is 2.